The normalized spacial score (nSPS) is 11.1. The van der Waals surface area contributed by atoms with Crippen LogP contribution in [0.5, 0.6) is 0 Å². The van der Waals surface area contributed by atoms with Gasteiger partial charge in [-0.05, 0) is 32.0 Å². The molecule has 0 saturated carbocycles. The molecule has 24 heavy (non-hydrogen) atoms. The van der Waals surface area contributed by atoms with Gasteiger partial charge in [0.2, 0.25) is 5.56 Å². The van der Waals surface area contributed by atoms with Gasteiger partial charge in [0.15, 0.2) is 5.82 Å². The summed E-state index contributed by atoms with van der Waals surface area (Å²) >= 11 is 0. The van der Waals surface area contributed by atoms with Crippen LogP contribution in [0.2, 0.25) is 0 Å². The molecule has 4 rings (SSSR count). The van der Waals surface area contributed by atoms with Crippen LogP contribution < -0.4 is 5.56 Å². The van der Waals surface area contributed by atoms with Crippen LogP contribution in [0.4, 0.5) is 0 Å². The molecule has 0 aliphatic carbocycles. The van der Waals surface area contributed by atoms with E-state index >= 15 is 0 Å². The smallest absolute Gasteiger partial charge is 0.248 e. The molecule has 0 unspecified atom stereocenters. The first-order chi connectivity index (χ1) is 11.6. The minimum absolute atomic E-state index is 0.159. The summed E-state index contributed by atoms with van der Waals surface area (Å²) in [6.45, 7) is 3.68. The van der Waals surface area contributed by atoms with E-state index in [1.165, 1.54) is 6.07 Å². The Bertz CT molecular complexity index is 1100. The molecule has 0 saturated heterocycles. The van der Waals surface area contributed by atoms with Crippen LogP contribution in [0.15, 0.2) is 53.5 Å². The van der Waals surface area contributed by atoms with Gasteiger partial charge in [-0.1, -0.05) is 18.2 Å². The number of pyridine rings is 2. The number of H-pyrrole nitrogens is 1. The monoisotopic (exact) mass is 317 g/mol. The lowest BCUT2D eigenvalue weighted by Gasteiger charge is -2.09. The second-order valence-corrected chi connectivity index (χ2v) is 5.66. The van der Waals surface area contributed by atoms with E-state index in [0.29, 0.717) is 11.6 Å². The Morgan fingerprint density at radius 1 is 1.08 bits per heavy atom. The number of hydrogen-bond donors (Lipinski definition) is 1. The first kappa shape index (κ1) is 14.3. The van der Waals surface area contributed by atoms with Crippen molar-refractivity contribution in [2.45, 2.75) is 13.8 Å². The molecule has 3 aromatic heterocycles. The summed E-state index contributed by atoms with van der Waals surface area (Å²) in [7, 11) is 0. The number of fused-ring (bicyclic) bond motifs is 1. The van der Waals surface area contributed by atoms with Crippen LogP contribution >= 0.6 is 0 Å². The molecule has 1 N–H and O–H groups in total. The summed E-state index contributed by atoms with van der Waals surface area (Å²) in [6.07, 6.45) is 1.76. The number of para-hydroxylation sites is 1. The highest BCUT2D eigenvalue weighted by Gasteiger charge is 2.15. The Morgan fingerprint density at radius 3 is 2.75 bits per heavy atom. The van der Waals surface area contributed by atoms with Crippen molar-refractivity contribution in [3.63, 3.8) is 0 Å². The fraction of sp³-hybridized carbons (Fsp3) is 0.111. The Hall–Kier alpha value is -3.28. The first-order valence-electron chi connectivity index (χ1n) is 7.61. The largest absolute Gasteiger partial charge is 0.326 e. The maximum absolute atomic E-state index is 11.8. The van der Waals surface area contributed by atoms with Gasteiger partial charge in [-0.3, -0.25) is 9.78 Å². The highest BCUT2D eigenvalue weighted by Crippen LogP contribution is 2.25. The molecule has 0 aliphatic rings. The quantitative estimate of drug-likeness (QED) is 0.617. The van der Waals surface area contributed by atoms with Crippen LogP contribution in [0.25, 0.3) is 28.0 Å². The third kappa shape index (κ3) is 2.38. The molecule has 0 bridgehead atoms. The number of nitrogens with zero attached hydrogens (tertiary/aromatic N) is 4. The predicted molar refractivity (Wildman–Crippen MR) is 92.2 cm³/mol. The van der Waals surface area contributed by atoms with Crippen molar-refractivity contribution >= 4 is 10.9 Å². The van der Waals surface area contributed by atoms with Gasteiger partial charge in [-0.25, -0.2) is 9.67 Å². The maximum Gasteiger partial charge on any atom is 0.248 e. The van der Waals surface area contributed by atoms with E-state index in [9.17, 15) is 4.79 Å². The SMILES string of the molecule is Cc1nc(-c2cc(C)[nH]c(=O)c2)n(-c2cccc3cccnc23)n1. The molecule has 0 spiro atoms. The molecule has 0 aliphatic heterocycles. The van der Waals surface area contributed by atoms with Gasteiger partial charge in [0.25, 0.3) is 0 Å². The molecule has 0 amide bonds. The fourth-order valence-electron chi connectivity index (χ4n) is 2.84. The Morgan fingerprint density at radius 2 is 1.92 bits per heavy atom. The molecule has 0 fully saturated rings. The van der Waals surface area contributed by atoms with Crippen LogP contribution in [0, 0.1) is 13.8 Å². The van der Waals surface area contributed by atoms with E-state index in [1.54, 1.807) is 10.9 Å². The van der Waals surface area contributed by atoms with E-state index in [2.05, 4.69) is 20.1 Å². The van der Waals surface area contributed by atoms with Crippen molar-refractivity contribution in [2.75, 3.05) is 0 Å². The average molecular weight is 317 g/mol. The van der Waals surface area contributed by atoms with Gasteiger partial charge in [-0.2, -0.15) is 5.10 Å². The number of rotatable bonds is 2. The third-order valence-corrected chi connectivity index (χ3v) is 3.79. The van der Waals surface area contributed by atoms with Crippen LogP contribution in [0.3, 0.4) is 0 Å². The topological polar surface area (TPSA) is 76.5 Å². The maximum atomic E-state index is 11.8. The van der Waals surface area contributed by atoms with Crippen molar-refractivity contribution in [1.82, 2.24) is 24.7 Å². The number of benzene rings is 1. The molecule has 6 heteroatoms. The van der Waals surface area contributed by atoms with Crippen molar-refractivity contribution in [3.8, 4) is 17.1 Å². The summed E-state index contributed by atoms with van der Waals surface area (Å²) in [5, 5.41) is 5.54. The molecule has 118 valence electrons. The lowest BCUT2D eigenvalue weighted by Crippen LogP contribution is -2.08. The summed E-state index contributed by atoms with van der Waals surface area (Å²) in [4.78, 5) is 23.6. The second kappa shape index (κ2) is 5.42. The van der Waals surface area contributed by atoms with E-state index < -0.39 is 0 Å². The number of aromatic amines is 1. The average Bonchev–Trinajstić information content (AvgIpc) is 2.95. The van der Waals surface area contributed by atoms with Gasteiger partial charge in [0, 0.05) is 28.9 Å². The van der Waals surface area contributed by atoms with Crippen LogP contribution in [0.1, 0.15) is 11.5 Å². The lowest BCUT2D eigenvalue weighted by molar-refractivity contribution is 0.872. The highest BCUT2D eigenvalue weighted by molar-refractivity contribution is 5.86. The van der Waals surface area contributed by atoms with Gasteiger partial charge in [0.05, 0.1) is 11.2 Å². The molecule has 0 atom stereocenters. The summed E-state index contributed by atoms with van der Waals surface area (Å²) in [5.41, 5.74) is 3.02. The van der Waals surface area contributed by atoms with Gasteiger partial charge in [-0.15, -0.1) is 0 Å². The molecule has 0 radical (unpaired) electrons. The zero-order valence-electron chi connectivity index (χ0n) is 13.3. The van der Waals surface area contributed by atoms with E-state index in [1.807, 2.05) is 50.2 Å². The number of aryl methyl sites for hydroxylation is 2. The van der Waals surface area contributed by atoms with Gasteiger partial charge in [0.1, 0.15) is 5.82 Å². The number of aromatic nitrogens is 5. The minimum Gasteiger partial charge on any atom is -0.326 e. The lowest BCUT2D eigenvalue weighted by atomic mass is 10.1. The molecule has 1 aromatic carbocycles. The van der Waals surface area contributed by atoms with Crippen molar-refractivity contribution in [2.24, 2.45) is 0 Å². The van der Waals surface area contributed by atoms with Crippen LogP contribution in [-0.4, -0.2) is 24.7 Å². The highest BCUT2D eigenvalue weighted by atomic mass is 16.1. The van der Waals surface area contributed by atoms with E-state index in [4.69, 9.17) is 0 Å². The number of nitrogens with one attached hydrogen (secondary N) is 1. The Balaban J connectivity index is 2.01. The molecule has 4 aromatic rings. The summed E-state index contributed by atoms with van der Waals surface area (Å²) < 4.78 is 1.75. The zero-order chi connectivity index (χ0) is 16.7. The fourth-order valence-corrected chi connectivity index (χ4v) is 2.84. The van der Waals surface area contributed by atoms with Crippen molar-refractivity contribution in [1.29, 1.82) is 0 Å². The van der Waals surface area contributed by atoms with Gasteiger partial charge < -0.3 is 4.98 Å². The molecule has 3 heterocycles. The second-order valence-electron chi connectivity index (χ2n) is 5.66. The molecular formula is C18H15N5O. The van der Waals surface area contributed by atoms with E-state index in [0.717, 1.165) is 27.8 Å². The summed E-state index contributed by atoms with van der Waals surface area (Å²) in [6, 6.07) is 13.3. The Kier molecular flexibility index (Phi) is 3.23. The molecular weight excluding hydrogens is 302 g/mol. The van der Waals surface area contributed by atoms with E-state index in [-0.39, 0.29) is 5.56 Å². The van der Waals surface area contributed by atoms with Gasteiger partial charge >= 0.3 is 0 Å². The standard InChI is InChI=1S/C18H15N5O/c1-11-9-14(10-16(24)20-11)18-21-12(2)22-23(18)15-7-3-5-13-6-4-8-19-17(13)15/h3-10H,1-2H3,(H,20,24). The number of hydrogen-bond acceptors (Lipinski definition) is 4. The third-order valence-electron chi connectivity index (χ3n) is 3.79. The van der Waals surface area contributed by atoms with Crippen LogP contribution in [-0.2, 0) is 0 Å². The van der Waals surface area contributed by atoms with Crippen molar-refractivity contribution < 1.29 is 0 Å². The first-order valence-corrected chi connectivity index (χ1v) is 7.61. The Labute approximate surface area is 137 Å². The summed E-state index contributed by atoms with van der Waals surface area (Å²) in [5.74, 6) is 1.26. The zero-order valence-corrected chi connectivity index (χ0v) is 13.3. The van der Waals surface area contributed by atoms with Crippen molar-refractivity contribution in [3.05, 3.63) is 70.5 Å². The minimum atomic E-state index is -0.159. The predicted octanol–water partition coefficient (Wildman–Crippen LogP) is 2.79. The molecule has 6 nitrogen and oxygen atoms in total.